The standard InChI is InChI=1S/C20H19F2N5O3/c1-27-18(10-16(26-27)13-4-6-23-7-5-13)25-20(30)17(24-11-19(28)29)9-12-2-3-14(21)15(22)8-12/h2-8,10,17,24H,9,11H2,1H3,(H,25,30)(H,28,29). The molecule has 3 N–H and O–H groups in total. The number of carboxylic acid groups (broad SMARTS) is 1. The maximum atomic E-state index is 13.5. The van der Waals surface area contributed by atoms with E-state index < -0.39 is 36.1 Å². The van der Waals surface area contributed by atoms with E-state index in [-0.39, 0.29) is 6.42 Å². The van der Waals surface area contributed by atoms with Gasteiger partial charge >= 0.3 is 5.97 Å². The molecular weight excluding hydrogens is 396 g/mol. The van der Waals surface area contributed by atoms with Gasteiger partial charge in [-0.05, 0) is 36.2 Å². The van der Waals surface area contributed by atoms with E-state index in [2.05, 4.69) is 20.7 Å². The molecule has 3 aromatic rings. The highest BCUT2D eigenvalue weighted by atomic mass is 19.2. The van der Waals surface area contributed by atoms with Crippen molar-refractivity contribution in [3.63, 3.8) is 0 Å². The van der Waals surface area contributed by atoms with Crippen LogP contribution < -0.4 is 10.6 Å². The van der Waals surface area contributed by atoms with Gasteiger partial charge in [-0.2, -0.15) is 5.10 Å². The first-order chi connectivity index (χ1) is 14.3. The van der Waals surface area contributed by atoms with Crippen LogP contribution in [0.2, 0.25) is 0 Å². The summed E-state index contributed by atoms with van der Waals surface area (Å²) in [4.78, 5) is 27.7. The van der Waals surface area contributed by atoms with Gasteiger partial charge in [0.2, 0.25) is 5.91 Å². The summed E-state index contributed by atoms with van der Waals surface area (Å²) in [6.45, 7) is -0.477. The Hall–Kier alpha value is -3.66. The summed E-state index contributed by atoms with van der Waals surface area (Å²) in [6.07, 6.45) is 3.21. The fourth-order valence-corrected chi connectivity index (χ4v) is 2.83. The molecule has 10 heteroatoms. The molecule has 0 saturated carbocycles. The third-order valence-corrected chi connectivity index (χ3v) is 4.35. The van der Waals surface area contributed by atoms with Gasteiger partial charge in [0.1, 0.15) is 5.82 Å². The summed E-state index contributed by atoms with van der Waals surface area (Å²) in [5.41, 5.74) is 1.77. The van der Waals surface area contributed by atoms with E-state index in [4.69, 9.17) is 5.11 Å². The second-order valence-corrected chi connectivity index (χ2v) is 6.54. The molecule has 1 amide bonds. The van der Waals surface area contributed by atoms with Crippen molar-refractivity contribution in [2.24, 2.45) is 7.05 Å². The van der Waals surface area contributed by atoms with Crippen molar-refractivity contribution in [1.82, 2.24) is 20.1 Å². The Balaban J connectivity index is 1.78. The first kappa shape index (κ1) is 21.1. The van der Waals surface area contributed by atoms with E-state index in [1.165, 1.54) is 10.7 Å². The maximum Gasteiger partial charge on any atom is 0.317 e. The molecule has 1 unspecified atom stereocenters. The Morgan fingerprint density at radius 3 is 2.53 bits per heavy atom. The number of halogens is 2. The quantitative estimate of drug-likeness (QED) is 0.519. The van der Waals surface area contributed by atoms with E-state index in [9.17, 15) is 18.4 Å². The van der Waals surface area contributed by atoms with Crippen molar-refractivity contribution in [3.05, 3.63) is 66.0 Å². The summed E-state index contributed by atoms with van der Waals surface area (Å²) >= 11 is 0. The zero-order valence-corrected chi connectivity index (χ0v) is 16.0. The van der Waals surface area contributed by atoms with Crippen molar-refractivity contribution in [2.45, 2.75) is 12.5 Å². The molecule has 0 spiro atoms. The van der Waals surface area contributed by atoms with E-state index in [0.717, 1.165) is 17.7 Å². The monoisotopic (exact) mass is 415 g/mol. The van der Waals surface area contributed by atoms with Crippen LogP contribution in [-0.4, -0.2) is 44.3 Å². The number of rotatable bonds is 8. The topological polar surface area (TPSA) is 109 Å². The van der Waals surface area contributed by atoms with Crippen LogP contribution in [0.25, 0.3) is 11.3 Å². The number of pyridine rings is 1. The van der Waals surface area contributed by atoms with Gasteiger partial charge in [-0.15, -0.1) is 0 Å². The Labute approximate surface area is 170 Å². The van der Waals surface area contributed by atoms with Crippen LogP contribution in [0.4, 0.5) is 14.6 Å². The Morgan fingerprint density at radius 1 is 1.13 bits per heavy atom. The summed E-state index contributed by atoms with van der Waals surface area (Å²) in [6, 6.07) is 7.49. The summed E-state index contributed by atoms with van der Waals surface area (Å²) < 4.78 is 28.1. The van der Waals surface area contributed by atoms with E-state index in [1.807, 2.05) is 0 Å². The third-order valence-electron chi connectivity index (χ3n) is 4.35. The summed E-state index contributed by atoms with van der Waals surface area (Å²) in [5.74, 6) is -3.35. The maximum absolute atomic E-state index is 13.5. The number of benzene rings is 1. The largest absolute Gasteiger partial charge is 0.480 e. The van der Waals surface area contributed by atoms with Crippen molar-refractivity contribution in [2.75, 3.05) is 11.9 Å². The minimum atomic E-state index is -1.15. The minimum Gasteiger partial charge on any atom is -0.480 e. The van der Waals surface area contributed by atoms with Gasteiger partial charge in [-0.25, -0.2) is 8.78 Å². The molecule has 0 aliphatic rings. The average Bonchev–Trinajstić information content (AvgIpc) is 3.08. The van der Waals surface area contributed by atoms with Crippen molar-refractivity contribution >= 4 is 17.7 Å². The fourth-order valence-electron chi connectivity index (χ4n) is 2.83. The predicted octanol–water partition coefficient (Wildman–Crippen LogP) is 1.98. The first-order valence-corrected chi connectivity index (χ1v) is 8.98. The number of carbonyl (C=O) groups is 2. The second-order valence-electron chi connectivity index (χ2n) is 6.54. The molecule has 0 aliphatic heterocycles. The molecule has 0 bridgehead atoms. The number of amides is 1. The predicted molar refractivity (Wildman–Crippen MR) is 105 cm³/mol. The summed E-state index contributed by atoms with van der Waals surface area (Å²) in [7, 11) is 1.65. The minimum absolute atomic E-state index is 0.0363. The highest BCUT2D eigenvalue weighted by molar-refractivity contribution is 5.95. The van der Waals surface area contributed by atoms with Gasteiger partial charge in [0.15, 0.2) is 11.6 Å². The number of carbonyl (C=O) groups excluding carboxylic acids is 1. The lowest BCUT2D eigenvalue weighted by Gasteiger charge is -2.17. The number of aryl methyl sites for hydroxylation is 1. The van der Waals surface area contributed by atoms with Crippen LogP contribution in [0.15, 0.2) is 48.8 Å². The molecule has 8 nitrogen and oxygen atoms in total. The van der Waals surface area contributed by atoms with Crippen LogP contribution in [0, 0.1) is 11.6 Å². The van der Waals surface area contributed by atoms with Gasteiger partial charge in [0, 0.05) is 31.1 Å². The Kier molecular flexibility index (Phi) is 6.48. The Morgan fingerprint density at radius 2 is 1.87 bits per heavy atom. The Bertz CT molecular complexity index is 1060. The molecule has 3 rings (SSSR count). The van der Waals surface area contributed by atoms with Gasteiger partial charge in [0.25, 0.3) is 0 Å². The van der Waals surface area contributed by atoms with Crippen molar-refractivity contribution in [3.8, 4) is 11.3 Å². The molecule has 1 atom stereocenters. The number of carboxylic acids is 1. The lowest BCUT2D eigenvalue weighted by molar-refractivity contribution is -0.136. The molecule has 0 aliphatic carbocycles. The third kappa shape index (κ3) is 5.23. The fraction of sp³-hybridized carbons (Fsp3) is 0.200. The summed E-state index contributed by atoms with van der Waals surface area (Å²) in [5, 5.41) is 18.6. The first-order valence-electron chi connectivity index (χ1n) is 8.98. The number of nitrogens with zero attached hydrogens (tertiary/aromatic N) is 3. The molecular formula is C20H19F2N5O3. The van der Waals surface area contributed by atoms with Crippen molar-refractivity contribution < 1.29 is 23.5 Å². The lowest BCUT2D eigenvalue weighted by atomic mass is 10.0. The van der Waals surface area contributed by atoms with Crippen LogP contribution >= 0.6 is 0 Å². The molecule has 0 radical (unpaired) electrons. The number of hydrogen-bond donors (Lipinski definition) is 3. The smallest absolute Gasteiger partial charge is 0.317 e. The number of aromatic nitrogens is 3. The highest BCUT2D eigenvalue weighted by Gasteiger charge is 2.22. The molecule has 156 valence electrons. The van der Waals surface area contributed by atoms with Crippen LogP contribution in [0.5, 0.6) is 0 Å². The molecule has 1 aromatic carbocycles. The van der Waals surface area contributed by atoms with E-state index >= 15 is 0 Å². The molecule has 30 heavy (non-hydrogen) atoms. The molecule has 0 fully saturated rings. The number of aliphatic carboxylic acids is 1. The molecule has 0 saturated heterocycles. The van der Waals surface area contributed by atoms with Gasteiger partial charge in [0.05, 0.1) is 18.3 Å². The van der Waals surface area contributed by atoms with Gasteiger partial charge in [-0.1, -0.05) is 6.07 Å². The van der Waals surface area contributed by atoms with E-state index in [1.54, 1.807) is 37.6 Å². The average molecular weight is 415 g/mol. The van der Waals surface area contributed by atoms with Gasteiger partial charge < -0.3 is 10.4 Å². The second kappa shape index (κ2) is 9.23. The number of hydrogen-bond acceptors (Lipinski definition) is 5. The zero-order chi connectivity index (χ0) is 21.7. The van der Waals surface area contributed by atoms with Crippen LogP contribution in [-0.2, 0) is 23.1 Å². The van der Waals surface area contributed by atoms with Crippen LogP contribution in [0.3, 0.4) is 0 Å². The van der Waals surface area contributed by atoms with E-state index in [0.29, 0.717) is 17.1 Å². The van der Waals surface area contributed by atoms with Crippen molar-refractivity contribution in [1.29, 1.82) is 0 Å². The zero-order valence-electron chi connectivity index (χ0n) is 16.0. The number of nitrogens with one attached hydrogen (secondary N) is 2. The molecule has 2 heterocycles. The number of anilines is 1. The molecule has 2 aromatic heterocycles. The van der Waals surface area contributed by atoms with Crippen LogP contribution in [0.1, 0.15) is 5.56 Å². The SMILES string of the molecule is Cn1nc(-c2ccncc2)cc1NC(=O)C(Cc1ccc(F)c(F)c1)NCC(=O)O. The lowest BCUT2D eigenvalue weighted by Crippen LogP contribution is -2.44. The highest BCUT2D eigenvalue weighted by Crippen LogP contribution is 2.21. The van der Waals surface area contributed by atoms with Gasteiger partial charge in [-0.3, -0.25) is 24.6 Å². The normalized spacial score (nSPS) is 11.8.